The smallest absolute Gasteiger partial charge is 0.225 e. The molecule has 1 aliphatic rings. The predicted octanol–water partition coefficient (Wildman–Crippen LogP) is 5.02. The summed E-state index contributed by atoms with van der Waals surface area (Å²) in [5.74, 6) is 1.93. The van der Waals surface area contributed by atoms with Crippen molar-refractivity contribution in [3.63, 3.8) is 0 Å². The van der Waals surface area contributed by atoms with E-state index in [-0.39, 0.29) is 0 Å². The monoisotopic (exact) mass is 452 g/mol. The van der Waals surface area contributed by atoms with E-state index in [0.717, 1.165) is 59.2 Å². The van der Waals surface area contributed by atoms with Gasteiger partial charge in [-0.05, 0) is 55.3 Å². The lowest BCUT2D eigenvalue weighted by molar-refractivity contribution is 0.490. The molecule has 8 heteroatoms. The number of imidazole rings is 1. The number of hydrogen-bond donors (Lipinski definition) is 2. The summed E-state index contributed by atoms with van der Waals surface area (Å²) in [7, 11) is 0. The highest BCUT2D eigenvalue weighted by Gasteiger charge is 2.22. The summed E-state index contributed by atoms with van der Waals surface area (Å²) < 4.78 is 2.18. The Morgan fingerprint density at radius 2 is 1.90 bits per heavy atom. The first-order valence-corrected chi connectivity index (χ1v) is 11.1. The van der Waals surface area contributed by atoms with E-state index >= 15 is 0 Å². The first-order chi connectivity index (χ1) is 15.2. The van der Waals surface area contributed by atoms with Crippen LogP contribution in [0.4, 0.5) is 5.95 Å². The molecule has 0 saturated carbocycles. The molecule has 2 aromatic heterocycles. The molecular formula is C23H22Cl2N6. The average Bonchev–Trinajstić information content (AvgIpc) is 3.42. The maximum absolute atomic E-state index is 6.51. The van der Waals surface area contributed by atoms with Crippen molar-refractivity contribution in [2.45, 2.75) is 19.5 Å². The van der Waals surface area contributed by atoms with Crippen molar-refractivity contribution in [2.75, 3.05) is 18.4 Å². The van der Waals surface area contributed by atoms with Gasteiger partial charge in [0.25, 0.3) is 0 Å². The van der Waals surface area contributed by atoms with Gasteiger partial charge in [0.1, 0.15) is 11.3 Å². The Kier molecular flexibility index (Phi) is 5.76. The summed E-state index contributed by atoms with van der Waals surface area (Å²) >= 11 is 12.5. The van der Waals surface area contributed by atoms with Gasteiger partial charge in [-0.3, -0.25) is 0 Å². The minimum absolute atomic E-state index is 0.527. The molecule has 1 aliphatic heterocycles. The van der Waals surface area contributed by atoms with Gasteiger partial charge in [0, 0.05) is 23.7 Å². The number of fused-ring (bicyclic) bond motifs is 1. The van der Waals surface area contributed by atoms with Crippen LogP contribution in [0.3, 0.4) is 0 Å². The molecule has 0 bridgehead atoms. The highest BCUT2D eigenvalue weighted by atomic mass is 35.5. The summed E-state index contributed by atoms with van der Waals surface area (Å²) in [6, 6.07) is 15.5. The minimum atomic E-state index is 0.527. The van der Waals surface area contributed by atoms with Crippen LogP contribution in [0.2, 0.25) is 10.0 Å². The maximum Gasteiger partial charge on any atom is 0.225 e. The Morgan fingerprint density at radius 1 is 1.06 bits per heavy atom. The van der Waals surface area contributed by atoms with Gasteiger partial charge < -0.3 is 15.2 Å². The number of benzene rings is 2. The largest absolute Gasteiger partial charge is 0.350 e. The Labute approximate surface area is 190 Å². The van der Waals surface area contributed by atoms with E-state index in [1.807, 2.05) is 48.5 Å². The molecule has 0 amide bonds. The van der Waals surface area contributed by atoms with Gasteiger partial charge in [0.15, 0.2) is 5.65 Å². The molecule has 4 aromatic rings. The summed E-state index contributed by atoms with van der Waals surface area (Å²) in [5, 5.41) is 8.15. The standard InChI is InChI=1S/C23H22Cl2N6/c24-17-7-5-15(6-8-17)12-27-23-28-13-20-22(30-23)31(14-16-9-10-26-11-16)21(29-20)18-3-1-2-4-19(18)25/h1-8,13,16,26H,9-12,14H2,(H,27,28,30). The van der Waals surface area contributed by atoms with Crippen LogP contribution in [0.5, 0.6) is 0 Å². The van der Waals surface area contributed by atoms with Gasteiger partial charge >= 0.3 is 0 Å². The normalized spacial score (nSPS) is 16.1. The van der Waals surface area contributed by atoms with Crippen molar-refractivity contribution in [2.24, 2.45) is 5.92 Å². The topological polar surface area (TPSA) is 67.7 Å². The third kappa shape index (κ3) is 4.37. The second-order valence-corrected chi connectivity index (χ2v) is 8.61. The number of halogens is 2. The van der Waals surface area contributed by atoms with Gasteiger partial charge in [-0.1, -0.05) is 47.5 Å². The van der Waals surface area contributed by atoms with E-state index in [2.05, 4.69) is 20.2 Å². The maximum atomic E-state index is 6.51. The number of anilines is 1. The zero-order valence-electron chi connectivity index (χ0n) is 16.9. The van der Waals surface area contributed by atoms with Crippen LogP contribution in [-0.4, -0.2) is 32.6 Å². The van der Waals surface area contributed by atoms with E-state index in [1.54, 1.807) is 6.20 Å². The van der Waals surface area contributed by atoms with Crippen molar-refractivity contribution in [1.29, 1.82) is 0 Å². The van der Waals surface area contributed by atoms with Crippen LogP contribution in [0.25, 0.3) is 22.6 Å². The molecule has 0 aliphatic carbocycles. The molecule has 1 fully saturated rings. The van der Waals surface area contributed by atoms with E-state index in [0.29, 0.717) is 23.4 Å². The zero-order valence-corrected chi connectivity index (χ0v) is 18.4. The van der Waals surface area contributed by atoms with Crippen LogP contribution in [0.15, 0.2) is 54.7 Å². The molecule has 1 saturated heterocycles. The fourth-order valence-corrected chi connectivity index (χ4v) is 4.28. The highest BCUT2D eigenvalue weighted by molar-refractivity contribution is 6.33. The third-order valence-electron chi connectivity index (χ3n) is 5.57. The Balaban J connectivity index is 1.51. The number of rotatable bonds is 6. The first kappa shape index (κ1) is 20.2. The van der Waals surface area contributed by atoms with Crippen LogP contribution in [-0.2, 0) is 13.1 Å². The van der Waals surface area contributed by atoms with E-state index in [4.69, 9.17) is 33.2 Å². The van der Waals surface area contributed by atoms with Gasteiger partial charge in [0.05, 0.1) is 11.2 Å². The van der Waals surface area contributed by atoms with Crippen LogP contribution >= 0.6 is 23.2 Å². The Morgan fingerprint density at radius 3 is 2.68 bits per heavy atom. The van der Waals surface area contributed by atoms with Gasteiger partial charge in [-0.25, -0.2) is 9.97 Å². The van der Waals surface area contributed by atoms with Crippen molar-refractivity contribution >= 4 is 40.3 Å². The second kappa shape index (κ2) is 8.83. The molecular weight excluding hydrogens is 431 g/mol. The van der Waals surface area contributed by atoms with Gasteiger partial charge in [0.2, 0.25) is 5.95 Å². The molecule has 0 spiro atoms. The quantitative estimate of drug-likeness (QED) is 0.429. The summed E-state index contributed by atoms with van der Waals surface area (Å²) in [5.41, 5.74) is 3.59. The molecule has 2 N–H and O–H groups in total. The molecule has 2 aromatic carbocycles. The lowest BCUT2D eigenvalue weighted by Crippen LogP contribution is -2.16. The Hall–Kier alpha value is -2.67. The SMILES string of the molecule is Clc1ccc(CNc2ncc3nc(-c4ccccc4Cl)n(CC4CCNC4)c3n2)cc1. The van der Waals surface area contributed by atoms with Crippen molar-refractivity contribution in [3.8, 4) is 11.4 Å². The second-order valence-electron chi connectivity index (χ2n) is 7.77. The van der Waals surface area contributed by atoms with Crippen molar-refractivity contribution in [3.05, 3.63) is 70.3 Å². The average molecular weight is 453 g/mol. The molecule has 6 nitrogen and oxygen atoms in total. The Bertz CT molecular complexity index is 1200. The van der Waals surface area contributed by atoms with Crippen molar-refractivity contribution in [1.82, 2.24) is 24.8 Å². The number of hydrogen-bond acceptors (Lipinski definition) is 5. The lowest BCUT2D eigenvalue weighted by atomic mass is 10.1. The van der Waals surface area contributed by atoms with Crippen molar-refractivity contribution < 1.29 is 0 Å². The first-order valence-electron chi connectivity index (χ1n) is 10.3. The zero-order chi connectivity index (χ0) is 21.2. The number of nitrogens with one attached hydrogen (secondary N) is 2. The fraction of sp³-hybridized carbons (Fsp3) is 0.261. The predicted molar refractivity (Wildman–Crippen MR) is 126 cm³/mol. The number of aromatic nitrogens is 4. The molecule has 5 rings (SSSR count). The lowest BCUT2D eigenvalue weighted by Gasteiger charge is -2.14. The molecule has 1 atom stereocenters. The summed E-state index contributed by atoms with van der Waals surface area (Å²) in [6.45, 7) is 3.48. The number of nitrogens with zero attached hydrogens (tertiary/aromatic N) is 4. The van der Waals surface area contributed by atoms with Crippen LogP contribution in [0.1, 0.15) is 12.0 Å². The molecule has 3 heterocycles. The van der Waals surface area contributed by atoms with E-state index in [9.17, 15) is 0 Å². The van der Waals surface area contributed by atoms with Crippen LogP contribution < -0.4 is 10.6 Å². The van der Waals surface area contributed by atoms with Crippen LogP contribution in [0, 0.1) is 5.92 Å². The molecule has 1 unspecified atom stereocenters. The van der Waals surface area contributed by atoms with E-state index in [1.165, 1.54) is 0 Å². The highest BCUT2D eigenvalue weighted by Crippen LogP contribution is 2.31. The minimum Gasteiger partial charge on any atom is -0.350 e. The molecule has 0 radical (unpaired) electrons. The molecule has 31 heavy (non-hydrogen) atoms. The fourth-order valence-electron chi connectivity index (χ4n) is 3.94. The van der Waals surface area contributed by atoms with Gasteiger partial charge in [-0.2, -0.15) is 4.98 Å². The van der Waals surface area contributed by atoms with E-state index < -0.39 is 0 Å². The summed E-state index contributed by atoms with van der Waals surface area (Å²) in [4.78, 5) is 14.1. The van der Waals surface area contributed by atoms with Gasteiger partial charge in [-0.15, -0.1) is 0 Å². The molecule has 158 valence electrons. The third-order valence-corrected chi connectivity index (χ3v) is 6.15. The summed E-state index contributed by atoms with van der Waals surface area (Å²) in [6.07, 6.45) is 2.91.